The van der Waals surface area contributed by atoms with Crippen LogP contribution in [0.15, 0.2) is 22.8 Å². The number of nitrogens with one attached hydrogen (secondary N) is 1. The molecule has 5 nitrogen and oxygen atoms in total. The number of amides is 2. The Bertz CT molecular complexity index is 363. The van der Waals surface area contributed by atoms with E-state index in [4.69, 9.17) is 10.2 Å². The maximum absolute atomic E-state index is 11.4. The summed E-state index contributed by atoms with van der Waals surface area (Å²) in [5, 5.41) is 2.25. The molecule has 0 bridgehead atoms. The van der Waals surface area contributed by atoms with E-state index in [2.05, 4.69) is 5.32 Å². The summed E-state index contributed by atoms with van der Waals surface area (Å²) in [6.07, 6.45) is 2.24. The molecule has 0 spiro atoms. The maximum atomic E-state index is 11.4. The third-order valence-corrected chi connectivity index (χ3v) is 2.94. The summed E-state index contributed by atoms with van der Waals surface area (Å²) in [7, 11) is 0. The van der Waals surface area contributed by atoms with Gasteiger partial charge in [-0.3, -0.25) is 14.9 Å². The Labute approximate surface area is 104 Å². The van der Waals surface area contributed by atoms with Gasteiger partial charge in [-0.1, -0.05) is 0 Å². The van der Waals surface area contributed by atoms with Gasteiger partial charge in [0.1, 0.15) is 0 Å². The molecule has 1 aromatic rings. The van der Waals surface area contributed by atoms with Crippen LogP contribution in [0.2, 0.25) is 0 Å². The fraction of sp³-hybridized carbons (Fsp3) is 0.455. The van der Waals surface area contributed by atoms with E-state index in [-0.39, 0.29) is 23.5 Å². The number of nitrogens with two attached hydrogens (primary N) is 1. The van der Waals surface area contributed by atoms with Gasteiger partial charge in [0.05, 0.1) is 12.0 Å². The highest BCUT2D eigenvalue weighted by Crippen LogP contribution is 2.04. The van der Waals surface area contributed by atoms with Crippen LogP contribution in [0.5, 0.6) is 0 Å². The van der Waals surface area contributed by atoms with Crippen LogP contribution in [-0.4, -0.2) is 29.4 Å². The molecule has 1 heterocycles. The number of hydrogen-bond donors (Lipinski definition) is 2. The van der Waals surface area contributed by atoms with Gasteiger partial charge in [-0.25, -0.2) is 0 Å². The van der Waals surface area contributed by atoms with E-state index in [1.807, 2.05) is 6.92 Å². The van der Waals surface area contributed by atoms with Crippen LogP contribution < -0.4 is 11.1 Å². The normalized spacial score (nSPS) is 12.1. The first-order chi connectivity index (χ1) is 8.09. The summed E-state index contributed by atoms with van der Waals surface area (Å²) < 4.78 is 4.87. The third kappa shape index (κ3) is 5.55. The van der Waals surface area contributed by atoms with Gasteiger partial charge in [-0.15, -0.1) is 0 Å². The molecule has 0 aromatic carbocycles. The average Bonchev–Trinajstić information content (AvgIpc) is 2.77. The molecule has 0 saturated carbocycles. The number of thioether (sulfide) groups is 1. The van der Waals surface area contributed by atoms with Gasteiger partial charge in [-0.05, 0) is 31.2 Å². The number of carbonyl (C=O) groups is 2. The molecule has 2 amide bonds. The number of carbonyl (C=O) groups excluding carboxylic acids is 2. The molecule has 94 valence electrons. The molecule has 1 rings (SSSR count). The van der Waals surface area contributed by atoms with Crippen molar-refractivity contribution in [1.29, 1.82) is 0 Å². The van der Waals surface area contributed by atoms with Crippen molar-refractivity contribution in [1.82, 2.24) is 5.32 Å². The quantitative estimate of drug-likeness (QED) is 0.742. The molecule has 0 aliphatic carbocycles. The molecule has 0 aliphatic heterocycles. The van der Waals surface area contributed by atoms with Crippen molar-refractivity contribution in [3.8, 4) is 0 Å². The average molecular weight is 256 g/mol. The first kappa shape index (κ1) is 13.8. The largest absolute Gasteiger partial charge is 0.459 e. The fourth-order valence-corrected chi connectivity index (χ4v) is 2.01. The third-order valence-electron chi connectivity index (χ3n) is 1.95. The minimum Gasteiger partial charge on any atom is -0.459 e. The van der Waals surface area contributed by atoms with Gasteiger partial charge in [0.25, 0.3) is 5.91 Å². The molecule has 1 atom stereocenters. The van der Waals surface area contributed by atoms with Crippen molar-refractivity contribution < 1.29 is 14.0 Å². The second-order valence-electron chi connectivity index (χ2n) is 3.67. The van der Waals surface area contributed by atoms with Gasteiger partial charge < -0.3 is 10.2 Å². The lowest BCUT2D eigenvalue weighted by molar-refractivity contribution is -0.117. The molecular weight excluding hydrogens is 240 g/mol. The zero-order valence-electron chi connectivity index (χ0n) is 9.64. The van der Waals surface area contributed by atoms with Crippen molar-refractivity contribution in [2.45, 2.75) is 19.4 Å². The summed E-state index contributed by atoms with van der Waals surface area (Å²) in [6.45, 7) is 1.92. The lowest BCUT2D eigenvalue weighted by Crippen LogP contribution is -2.31. The molecule has 0 aliphatic rings. The van der Waals surface area contributed by atoms with Crippen molar-refractivity contribution in [2.75, 3.05) is 11.5 Å². The standard InChI is InChI=1S/C11H16N2O3S/c1-8(12)4-6-17-7-10(14)13-11(15)9-3-2-5-16-9/h2-3,5,8H,4,6-7,12H2,1H3,(H,13,14,15). The minimum absolute atomic E-state index is 0.135. The van der Waals surface area contributed by atoms with Gasteiger partial charge in [0.2, 0.25) is 5.91 Å². The van der Waals surface area contributed by atoms with Crippen LogP contribution >= 0.6 is 11.8 Å². The van der Waals surface area contributed by atoms with E-state index in [1.165, 1.54) is 24.1 Å². The van der Waals surface area contributed by atoms with Crippen LogP contribution in [0.1, 0.15) is 23.9 Å². The number of imide groups is 1. The van der Waals surface area contributed by atoms with E-state index in [0.29, 0.717) is 0 Å². The lowest BCUT2D eigenvalue weighted by Gasteiger charge is -2.04. The van der Waals surface area contributed by atoms with E-state index in [1.54, 1.807) is 6.07 Å². The summed E-state index contributed by atoms with van der Waals surface area (Å²) in [4.78, 5) is 22.8. The monoisotopic (exact) mass is 256 g/mol. The predicted molar refractivity (Wildman–Crippen MR) is 66.8 cm³/mol. The molecule has 0 saturated heterocycles. The number of furan rings is 1. The minimum atomic E-state index is -0.507. The van der Waals surface area contributed by atoms with Crippen molar-refractivity contribution in [3.05, 3.63) is 24.2 Å². The molecule has 0 fully saturated rings. The number of hydrogen-bond acceptors (Lipinski definition) is 5. The molecular formula is C11H16N2O3S. The van der Waals surface area contributed by atoms with Crippen LogP contribution in [-0.2, 0) is 4.79 Å². The molecule has 1 unspecified atom stereocenters. The highest BCUT2D eigenvalue weighted by molar-refractivity contribution is 7.99. The van der Waals surface area contributed by atoms with Crippen LogP contribution in [0.4, 0.5) is 0 Å². The van der Waals surface area contributed by atoms with Crippen molar-refractivity contribution >= 4 is 23.6 Å². The Morgan fingerprint density at radius 3 is 2.94 bits per heavy atom. The molecule has 0 radical (unpaired) electrons. The Morgan fingerprint density at radius 1 is 1.59 bits per heavy atom. The SMILES string of the molecule is CC(N)CCSCC(=O)NC(=O)c1ccco1. The Hall–Kier alpha value is -1.27. The second-order valence-corrected chi connectivity index (χ2v) is 4.78. The summed E-state index contributed by atoms with van der Waals surface area (Å²) >= 11 is 1.45. The first-order valence-electron chi connectivity index (χ1n) is 5.30. The van der Waals surface area contributed by atoms with Gasteiger partial charge >= 0.3 is 0 Å². The maximum Gasteiger partial charge on any atom is 0.293 e. The zero-order chi connectivity index (χ0) is 12.7. The summed E-state index contributed by atoms with van der Waals surface area (Å²) in [5.74, 6) is 0.368. The van der Waals surface area contributed by atoms with E-state index in [9.17, 15) is 9.59 Å². The highest BCUT2D eigenvalue weighted by Gasteiger charge is 2.12. The Morgan fingerprint density at radius 2 is 2.35 bits per heavy atom. The molecule has 6 heteroatoms. The van der Waals surface area contributed by atoms with Gasteiger partial charge in [-0.2, -0.15) is 11.8 Å². The lowest BCUT2D eigenvalue weighted by atomic mass is 10.3. The molecule has 3 N–H and O–H groups in total. The highest BCUT2D eigenvalue weighted by atomic mass is 32.2. The van der Waals surface area contributed by atoms with E-state index >= 15 is 0 Å². The molecule has 1 aromatic heterocycles. The van der Waals surface area contributed by atoms with Crippen LogP contribution in [0.3, 0.4) is 0 Å². The second kappa shape index (κ2) is 7.13. The van der Waals surface area contributed by atoms with Gasteiger partial charge in [0.15, 0.2) is 5.76 Å². The van der Waals surface area contributed by atoms with Crippen LogP contribution in [0, 0.1) is 0 Å². The first-order valence-corrected chi connectivity index (χ1v) is 6.46. The predicted octanol–water partition coefficient (Wildman–Crippen LogP) is 1.01. The summed E-state index contributed by atoms with van der Waals surface area (Å²) in [5.41, 5.74) is 5.57. The van der Waals surface area contributed by atoms with Crippen molar-refractivity contribution in [3.63, 3.8) is 0 Å². The number of rotatable bonds is 6. The topological polar surface area (TPSA) is 85.3 Å². The summed E-state index contributed by atoms with van der Waals surface area (Å²) in [6, 6.07) is 3.23. The Kier molecular flexibility index (Phi) is 5.79. The Balaban J connectivity index is 2.19. The molecule has 17 heavy (non-hydrogen) atoms. The van der Waals surface area contributed by atoms with E-state index in [0.717, 1.165) is 12.2 Å². The smallest absolute Gasteiger partial charge is 0.293 e. The van der Waals surface area contributed by atoms with Crippen LogP contribution in [0.25, 0.3) is 0 Å². The zero-order valence-corrected chi connectivity index (χ0v) is 10.5. The van der Waals surface area contributed by atoms with Crippen molar-refractivity contribution in [2.24, 2.45) is 5.73 Å². The van der Waals surface area contributed by atoms with E-state index < -0.39 is 5.91 Å². The fourth-order valence-electron chi connectivity index (χ4n) is 1.07. The van der Waals surface area contributed by atoms with Gasteiger partial charge in [0, 0.05) is 6.04 Å².